The predicted molar refractivity (Wildman–Crippen MR) is 99.1 cm³/mol. The smallest absolute Gasteiger partial charge is 0.224 e. The number of anilines is 2. The summed E-state index contributed by atoms with van der Waals surface area (Å²) >= 11 is 0. The summed E-state index contributed by atoms with van der Waals surface area (Å²) in [6.07, 6.45) is 2.28. The Bertz CT molecular complexity index is 801. The summed E-state index contributed by atoms with van der Waals surface area (Å²) in [5.41, 5.74) is 10.7. The Morgan fingerprint density at radius 3 is 2.84 bits per heavy atom. The highest BCUT2D eigenvalue weighted by atomic mass is 16.2. The molecule has 0 radical (unpaired) electrons. The van der Waals surface area contributed by atoms with E-state index in [2.05, 4.69) is 16.7 Å². The maximum atomic E-state index is 12.2. The van der Waals surface area contributed by atoms with Crippen molar-refractivity contribution in [1.29, 1.82) is 0 Å². The number of nitrogens with one attached hydrogen (secondary N) is 2. The number of carbonyl (C=O) groups is 2. The van der Waals surface area contributed by atoms with E-state index >= 15 is 0 Å². The molecular formula is C20H23N3O2. The normalized spacial score (nSPS) is 14.4. The van der Waals surface area contributed by atoms with Crippen LogP contribution in [-0.2, 0) is 22.4 Å². The van der Waals surface area contributed by atoms with Gasteiger partial charge in [0.05, 0.1) is 6.04 Å². The summed E-state index contributed by atoms with van der Waals surface area (Å²) in [5, 5.41) is 5.91. The van der Waals surface area contributed by atoms with Crippen LogP contribution in [0.1, 0.15) is 42.5 Å². The van der Waals surface area contributed by atoms with Crippen LogP contribution in [0.2, 0.25) is 0 Å². The molecule has 25 heavy (non-hydrogen) atoms. The van der Waals surface area contributed by atoms with Crippen LogP contribution in [-0.4, -0.2) is 11.8 Å². The number of amides is 2. The molecule has 5 nitrogen and oxygen atoms in total. The van der Waals surface area contributed by atoms with Crippen LogP contribution in [0.25, 0.3) is 0 Å². The lowest BCUT2D eigenvalue weighted by atomic mass is 9.97. The molecule has 5 heteroatoms. The van der Waals surface area contributed by atoms with Gasteiger partial charge in [-0.25, -0.2) is 0 Å². The molecule has 0 fully saturated rings. The average molecular weight is 337 g/mol. The molecule has 0 aliphatic carbocycles. The molecule has 130 valence electrons. The number of carbonyl (C=O) groups excluding carboxylic acids is 2. The van der Waals surface area contributed by atoms with Gasteiger partial charge in [0.25, 0.3) is 0 Å². The number of nitrogen functional groups attached to an aromatic ring is 1. The minimum Gasteiger partial charge on any atom is -0.399 e. The second-order valence-corrected chi connectivity index (χ2v) is 6.45. The Morgan fingerprint density at radius 1 is 1.24 bits per heavy atom. The predicted octanol–water partition coefficient (Wildman–Crippen LogP) is 2.96. The van der Waals surface area contributed by atoms with Gasteiger partial charge in [0.15, 0.2) is 0 Å². The maximum Gasteiger partial charge on any atom is 0.224 e. The molecule has 3 rings (SSSR count). The second kappa shape index (κ2) is 7.38. The summed E-state index contributed by atoms with van der Waals surface area (Å²) in [7, 11) is 0. The van der Waals surface area contributed by atoms with Crippen molar-refractivity contribution in [1.82, 2.24) is 5.32 Å². The van der Waals surface area contributed by atoms with Gasteiger partial charge in [-0.3, -0.25) is 9.59 Å². The molecule has 2 amide bonds. The van der Waals surface area contributed by atoms with Gasteiger partial charge in [-0.05, 0) is 48.6 Å². The number of benzene rings is 2. The molecule has 1 atom stereocenters. The van der Waals surface area contributed by atoms with Crippen LogP contribution in [0.15, 0.2) is 42.5 Å². The summed E-state index contributed by atoms with van der Waals surface area (Å²) in [6.45, 7) is 1.97. The third kappa shape index (κ3) is 4.18. The number of hydrogen-bond acceptors (Lipinski definition) is 3. The van der Waals surface area contributed by atoms with E-state index in [9.17, 15) is 9.59 Å². The van der Waals surface area contributed by atoms with Crippen molar-refractivity contribution in [3.8, 4) is 0 Å². The molecule has 1 unspecified atom stereocenters. The van der Waals surface area contributed by atoms with Gasteiger partial charge >= 0.3 is 0 Å². The van der Waals surface area contributed by atoms with E-state index in [1.807, 2.05) is 43.3 Å². The molecule has 0 aromatic heterocycles. The minimum absolute atomic E-state index is 0.00164. The van der Waals surface area contributed by atoms with E-state index in [-0.39, 0.29) is 17.9 Å². The Labute approximate surface area is 147 Å². The SMILES string of the molecule is CC(NC(=O)CCc1ccccc1N)c1ccc2c(c1)CCC(=O)N2. The zero-order valence-corrected chi connectivity index (χ0v) is 14.3. The quantitative estimate of drug-likeness (QED) is 0.733. The first-order valence-corrected chi connectivity index (χ1v) is 8.58. The van der Waals surface area contributed by atoms with Gasteiger partial charge in [0.2, 0.25) is 11.8 Å². The molecule has 2 aromatic carbocycles. The standard InChI is InChI=1S/C20H23N3O2/c1-13(15-6-9-18-16(12-15)8-11-20(25)23-18)22-19(24)10-7-14-4-2-3-5-17(14)21/h2-6,9,12-13H,7-8,10-11,21H2,1H3,(H,22,24)(H,23,25). The first-order chi connectivity index (χ1) is 12.0. The van der Waals surface area contributed by atoms with Gasteiger partial charge in [0, 0.05) is 24.2 Å². The fourth-order valence-corrected chi connectivity index (χ4v) is 3.08. The van der Waals surface area contributed by atoms with Crippen molar-refractivity contribution in [3.63, 3.8) is 0 Å². The number of hydrogen-bond donors (Lipinski definition) is 3. The first kappa shape index (κ1) is 17.0. The van der Waals surface area contributed by atoms with E-state index in [1.54, 1.807) is 0 Å². The monoisotopic (exact) mass is 337 g/mol. The van der Waals surface area contributed by atoms with Crippen molar-refractivity contribution in [2.24, 2.45) is 0 Å². The third-order valence-electron chi connectivity index (χ3n) is 4.58. The first-order valence-electron chi connectivity index (χ1n) is 8.58. The second-order valence-electron chi connectivity index (χ2n) is 6.45. The van der Waals surface area contributed by atoms with Crippen molar-refractivity contribution in [3.05, 3.63) is 59.2 Å². The largest absolute Gasteiger partial charge is 0.399 e. The van der Waals surface area contributed by atoms with Gasteiger partial charge in [0.1, 0.15) is 0 Å². The Kier molecular flexibility index (Phi) is 5.03. The van der Waals surface area contributed by atoms with E-state index in [4.69, 9.17) is 5.73 Å². The molecule has 0 bridgehead atoms. The lowest BCUT2D eigenvalue weighted by Gasteiger charge is -2.20. The maximum absolute atomic E-state index is 12.2. The number of nitrogens with two attached hydrogens (primary N) is 1. The highest BCUT2D eigenvalue weighted by Crippen LogP contribution is 2.26. The molecule has 1 heterocycles. The number of rotatable bonds is 5. The van der Waals surface area contributed by atoms with Crippen LogP contribution >= 0.6 is 0 Å². The molecule has 0 saturated heterocycles. The highest BCUT2D eigenvalue weighted by Gasteiger charge is 2.17. The molecule has 2 aromatic rings. The number of para-hydroxylation sites is 1. The van der Waals surface area contributed by atoms with Crippen molar-refractivity contribution >= 4 is 23.2 Å². The zero-order valence-electron chi connectivity index (χ0n) is 14.3. The van der Waals surface area contributed by atoms with E-state index in [0.717, 1.165) is 34.5 Å². The minimum atomic E-state index is -0.0800. The summed E-state index contributed by atoms with van der Waals surface area (Å²) in [6, 6.07) is 13.5. The molecular weight excluding hydrogens is 314 g/mol. The Balaban J connectivity index is 1.58. The molecule has 0 saturated carbocycles. The van der Waals surface area contributed by atoms with Gasteiger partial charge in [-0.1, -0.05) is 30.3 Å². The Hall–Kier alpha value is -2.82. The van der Waals surface area contributed by atoms with Crippen LogP contribution < -0.4 is 16.4 Å². The van der Waals surface area contributed by atoms with Crippen LogP contribution in [0, 0.1) is 0 Å². The molecule has 1 aliphatic rings. The van der Waals surface area contributed by atoms with Crippen molar-refractivity contribution in [2.75, 3.05) is 11.1 Å². The highest BCUT2D eigenvalue weighted by molar-refractivity contribution is 5.93. The van der Waals surface area contributed by atoms with Gasteiger partial charge in [-0.2, -0.15) is 0 Å². The van der Waals surface area contributed by atoms with E-state index in [0.29, 0.717) is 19.3 Å². The van der Waals surface area contributed by atoms with Crippen LogP contribution in [0.3, 0.4) is 0 Å². The Morgan fingerprint density at radius 2 is 2.04 bits per heavy atom. The lowest BCUT2D eigenvalue weighted by molar-refractivity contribution is -0.121. The summed E-state index contributed by atoms with van der Waals surface area (Å²) in [5.74, 6) is 0.0589. The van der Waals surface area contributed by atoms with E-state index in [1.165, 1.54) is 0 Å². The number of aryl methyl sites for hydroxylation is 2. The van der Waals surface area contributed by atoms with Crippen molar-refractivity contribution < 1.29 is 9.59 Å². The fourth-order valence-electron chi connectivity index (χ4n) is 3.08. The summed E-state index contributed by atoms with van der Waals surface area (Å²) < 4.78 is 0. The molecule has 0 spiro atoms. The molecule has 4 N–H and O–H groups in total. The van der Waals surface area contributed by atoms with Crippen LogP contribution in [0.4, 0.5) is 11.4 Å². The molecule has 1 aliphatic heterocycles. The van der Waals surface area contributed by atoms with Gasteiger partial charge in [-0.15, -0.1) is 0 Å². The average Bonchev–Trinajstić information content (AvgIpc) is 2.60. The fraction of sp³-hybridized carbons (Fsp3) is 0.300. The zero-order chi connectivity index (χ0) is 17.8. The summed E-state index contributed by atoms with van der Waals surface area (Å²) in [4.78, 5) is 23.7. The number of fused-ring (bicyclic) bond motifs is 1. The van der Waals surface area contributed by atoms with Gasteiger partial charge < -0.3 is 16.4 Å². The third-order valence-corrected chi connectivity index (χ3v) is 4.58. The lowest BCUT2D eigenvalue weighted by Crippen LogP contribution is -2.27. The topological polar surface area (TPSA) is 84.2 Å². The van der Waals surface area contributed by atoms with E-state index < -0.39 is 0 Å². The van der Waals surface area contributed by atoms with Crippen molar-refractivity contribution in [2.45, 2.75) is 38.6 Å². The van der Waals surface area contributed by atoms with Crippen LogP contribution in [0.5, 0.6) is 0 Å².